The zero-order valence-electron chi connectivity index (χ0n) is 13.6. The summed E-state index contributed by atoms with van der Waals surface area (Å²) in [6, 6.07) is 11.9. The molecule has 1 heterocycles. The predicted molar refractivity (Wildman–Crippen MR) is 95.3 cm³/mol. The van der Waals surface area contributed by atoms with Gasteiger partial charge in [0.2, 0.25) is 10.9 Å². The van der Waals surface area contributed by atoms with Crippen LogP contribution in [0.2, 0.25) is 0 Å². The first-order valence-corrected chi connectivity index (χ1v) is 8.48. The third-order valence-electron chi connectivity index (χ3n) is 3.51. The number of benzene rings is 2. The highest BCUT2D eigenvalue weighted by Crippen LogP contribution is 2.36. The number of hydrogen-bond acceptors (Lipinski definition) is 6. The summed E-state index contributed by atoms with van der Waals surface area (Å²) in [6.07, 6.45) is 1.64. The number of rotatable bonds is 6. The van der Waals surface area contributed by atoms with Crippen LogP contribution in [-0.2, 0) is 10.9 Å². The highest BCUT2D eigenvalue weighted by Gasteiger charge is 2.11. The van der Waals surface area contributed by atoms with Gasteiger partial charge in [-0.25, -0.2) is 8.42 Å². The zero-order chi connectivity index (χ0) is 17.8. The van der Waals surface area contributed by atoms with Crippen molar-refractivity contribution in [1.29, 1.82) is 0 Å². The summed E-state index contributed by atoms with van der Waals surface area (Å²) < 4.78 is 40.2. The molecule has 0 fully saturated rings. The van der Waals surface area contributed by atoms with Gasteiger partial charge in [0.05, 0.1) is 19.7 Å². The summed E-state index contributed by atoms with van der Waals surface area (Å²) in [5.74, 6) is 2.32. The van der Waals surface area contributed by atoms with E-state index in [4.69, 9.17) is 14.2 Å². The average molecular weight is 360 g/mol. The summed E-state index contributed by atoms with van der Waals surface area (Å²) in [5.41, 5.74) is 1.17. The molecule has 0 unspecified atom stereocenters. The molecule has 0 saturated carbocycles. The molecular weight excluding hydrogens is 344 g/mol. The van der Waals surface area contributed by atoms with Crippen LogP contribution in [0.15, 0.2) is 48.7 Å². The fraction of sp³-hybridized carbons (Fsp3) is 0.118. The lowest BCUT2D eigenvalue weighted by molar-refractivity contribution is 0.355. The molecule has 0 saturated heterocycles. The van der Waals surface area contributed by atoms with Gasteiger partial charge in [-0.2, -0.15) is 0 Å². The van der Waals surface area contributed by atoms with Gasteiger partial charge in [-0.1, -0.05) is 0 Å². The van der Waals surface area contributed by atoms with Gasteiger partial charge in [0.1, 0.15) is 11.5 Å². The number of thiol groups is 1. The number of nitrogens with one attached hydrogen (secondary N) is 1. The largest absolute Gasteiger partial charge is 0.493 e. The van der Waals surface area contributed by atoms with Gasteiger partial charge in [-0.15, -0.1) is 0 Å². The first-order chi connectivity index (χ1) is 12.1. The monoisotopic (exact) mass is 360 g/mol. The Labute approximate surface area is 146 Å². The Balaban J connectivity index is 1.95. The van der Waals surface area contributed by atoms with Crippen LogP contribution in [0.4, 0.5) is 5.69 Å². The van der Waals surface area contributed by atoms with Gasteiger partial charge < -0.3 is 14.2 Å². The molecule has 0 bridgehead atoms. The summed E-state index contributed by atoms with van der Waals surface area (Å²) in [7, 11) is 0.434. The number of nitrogens with zero attached hydrogens (tertiary/aromatic N) is 1. The van der Waals surface area contributed by atoms with Gasteiger partial charge in [-0.05, 0) is 36.4 Å². The van der Waals surface area contributed by atoms with Crippen LogP contribution in [0.5, 0.6) is 23.0 Å². The fourth-order valence-electron chi connectivity index (χ4n) is 2.37. The van der Waals surface area contributed by atoms with Crippen molar-refractivity contribution in [3.8, 4) is 23.0 Å². The molecule has 0 aliphatic heterocycles. The van der Waals surface area contributed by atoms with E-state index in [1.165, 1.54) is 0 Å². The number of fused-ring (bicyclic) bond motifs is 1. The highest BCUT2D eigenvalue weighted by molar-refractivity contribution is 7.73. The van der Waals surface area contributed by atoms with E-state index in [2.05, 4.69) is 9.71 Å². The SMILES string of the molecule is COc1cc2nccc(Oc3ccc(N[SH](=O)=O)cc3)c2cc1OC. The first-order valence-electron chi connectivity index (χ1n) is 7.30. The number of methoxy groups -OCH3 is 2. The fourth-order valence-corrected chi connectivity index (χ4v) is 2.73. The molecule has 8 heteroatoms. The quantitative estimate of drug-likeness (QED) is 0.657. The van der Waals surface area contributed by atoms with Crippen molar-refractivity contribution in [1.82, 2.24) is 4.98 Å². The average Bonchev–Trinajstić information content (AvgIpc) is 2.62. The lowest BCUT2D eigenvalue weighted by atomic mass is 10.2. The van der Waals surface area contributed by atoms with E-state index >= 15 is 0 Å². The summed E-state index contributed by atoms with van der Waals surface area (Å²) in [6.45, 7) is 0. The Morgan fingerprint density at radius 2 is 1.60 bits per heavy atom. The van der Waals surface area contributed by atoms with Gasteiger partial charge in [0.25, 0.3) is 0 Å². The normalized spacial score (nSPS) is 10.7. The van der Waals surface area contributed by atoms with Crippen molar-refractivity contribution in [3.05, 3.63) is 48.7 Å². The second kappa shape index (κ2) is 7.27. The minimum Gasteiger partial charge on any atom is -0.493 e. The van der Waals surface area contributed by atoms with E-state index in [-0.39, 0.29) is 0 Å². The summed E-state index contributed by atoms with van der Waals surface area (Å²) in [4.78, 5) is 4.32. The molecule has 0 aliphatic rings. The zero-order valence-corrected chi connectivity index (χ0v) is 14.4. The van der Waals surface area contributed by atoms with Gasteiger partial charge >= 0.3 is 0 Å². The molecule has 3 rings (SSSR count). The van der Waals surface area contributed by atoms with E-state index in [9.17, 15) is 8.42 Å². The number of pyridine rings is 1. The molecule has 130 valence electrons. The van der Waals surface area contributed by atoms with Crippen molar-refractivity contribution in [2.75, 3.05) is 18.9 Å². The van der Waals surface area contributed by atoms with Crippen molar-refractivity contribution in [3.63, 3.8) is 0 Å². The molecule has 25 heavy (non-hydrogen) atoms. The molecule has 0 atom stereocenters. The van der Waals surface area contributed by atoms with Crippen LogP contribution >= 0.6 is 0 Å². The molecular formula is C17H16N2O5S. The van der Waals surface area contributed by atoms with Crippen LogP contribution in [0.25, 0.3) is 10.9 Å². The van der Waals surface area contributed by atoms with Crippen molar-refractivity contribution < 1.29 is 22.6 Å². The van der Waals surface area contributed by atoms with Crippen molar-refractivity contribution >= 4 is 27.5 Å². The molecule has 0 amide bonds. The molecule has 0 spiro atoms. The third kappa shape index (κ3) is 3.74. The van der Waals surface area contributed by atoms with Crippen molar-refractivity contribution in [2.45, 2.75) is 0 Å². The van der Waals surface area contributed by atoms with E-state index in [1.807, 2.05) is 0 Å². The van der Waals surface area contributed by atoms with Crippen LogP contribution in [0.1, 0.15) is 0 Å². The van der Waals surface area contributed by atoms with E-state index < -0.39 is 10.9 Å². The Kier molecular flexibility index (Phi) is 4.90. The molecule has 0 radical (unpaired) electrons. The highest BCUT2D eigenvalue weighted by atomic mass is 32.2. The van der Waals surface area contributed by atoms with E-state index in [1.54, 1.807) is 62.9 Å². The van der Waals surface area contributed by atoms with Crippen LogP contribution in [0.3, 0.4) is 0 Å². The van der Waals surface area contributed by atoms with Crippen LogP contribution in [-0.4, -0.2) is 27.6 Å². The molecule has 3 aromatic rings. The minimum absolute atomic E-state index is 0.467. The van der Waals surface area contributed by atoms with Gasteiger partial charge in [0, 0.05) is 23.3 Å². The number of anilines is 1. The second-order valence-electron chi connectivity index (χ2n) is 5.03. The molecule has 7 nitrogen and oxygen atoms in total. The smallest absolute Gasteiger partial charge is 0.222 e. The Hall–Kier alpha value is -3.00. The van der Waals surface area contributed by atoms with Gasteiger partial charge in [-0.3, -0.25) is 9.71 Å². The number of ether oxygens (including phenoxy) is 3. The second-order valence-corrected chi connectivity index (χ2v) is 5.77. The molecule has 0 aliphatic carbocycles. The molecule has 2 aromatic carbocycles. The van der Waals surface area contributed by atoms with Crippen molar-refractivity contribution in [2.24, 2.45) is 0 Å². The Bertz CT molecular complexity index is 963. The number of aromatic nitrogens is 1. The summed E-state index contributed by atoms with van der Waals surface area (Å²) >= 11 is 0. The summed E-state index contributed by atoms with van der Waals surface area (Å²) in [5, 5.41) is 0.769. The van der Waals surface area contributed by atoms with E-state index in [0.29, 0.717) is 34.2 Å². The molecule has 1 N–H and O–H groups in total. The Morgan fingerprint density at radius 3 is 2.24 bits per heavy atom. The number of hydrogen-bond donors (Lipinski definition) is 2. The van der Waals surface area contributed by atoms with E-state index in [0.717, 1.165) is 5.39 Å². The third-order valence-corrected chi connectivity index (χ3v) is 3.95. The van der Waals surface area contributed by atoms with Crippen LogP contribution < -0.4 is 18.9 Å². The Morgan fingerprint density at radius 1 is 0.920 bits per heavy atom. The van der Waals surface area contributed by atoms with Crippen LogP contribution in [0, 0.1) is 0 Å². The maximum absolute atomic E-state index is 10.7. The maximum atomic E-state index is 10.7. The predicted octanol–water partition coefficient (Wildman–Crippen LogP) is 2.98. The lowest BCUT2D eigenvalue weighted by Gasteiger charge is -2.12. The van der Waals surface area contributed by atoms with Gasteiger partial charge in [0.15, 0.2) is 11.5 Å². The first kappa shape index (κ1) is 16.8. The minimum atomic E-state index is -2.69. The maximum Gasteiger partial charge on any atom is 0.222 e. The topological polar surface area (TPSA) is 86.8 Å². The standard InChI is InChI=1S/C17H16N2O5S/c1-22-16-9-13-14(10-17(16)23-2)18-8-7-15(13)24-12-5-3-11(4-6-12)19-25(20)21/h3-10,25H,1-2H3,(H,19,20,21). The molecule has 1 aromatic heterocycles. The lowest BCUT2D eigenvalue weighted by Crippen LogP contribution is -1.95.